The molecule has 0 bridgehead atoms. The van der Waals surface area contributed by atoms with Gasteiger partial charge in [0.15, 0.2) is 11.5 Å². The van der Waals surface area contributed by atoms with Gasteiger partial charge < -0.3 is 29.5 Å². The molecule has 5 rings (SSSR count). The number of hydrogen-bond acceptors (Lipinski definition) is 7. The van der Waals surface area contributed by atoms with Gasteiger partial charge in [-0.05, 0) is 81.9 Å². The lowest BCUT2D eigenvalue weighted by atomic mass is 9.65. The minimum Gasteiger partial charge on any atom is -0.493 e. The molecule has 2 heterocycles. The van der Waals surface area contributed by atoms with E-state index in [1.807, 2.05) is 18.2 Å². The molecule has 3 fully saturated rings. The second kappa shape index (κ2) is 11.2. The molecule has 9 heteroatoms. The summed E-state index contributed by atoms with van der Waals surface area (Å²) in [5.41, 5.74) is 7.03. The Kier molecular flexibility index (Phi) is 7.76. The summed E-state index contributed by atoms with van der Waals surface area (Å²) in [6, 6.07) is 14.4. The predicted molar refractivity (Wildman–Crippen MR) is 152 cm³/mol. The molecule has 9 nitrogen and oxygen atoms in total. The van der Waals surface area contributed by atoms with Gasteiger partial charge in [0.2, 0.25) is 0 Å². The van der Waals surface area contributed by atoms with E-state index in [0.717, 1.165) is 81.3 Å². The second-order valence-corrected chi connectivity index (χ2v) is 10.8. The lowest BCUT2D eigenvalue weighted by Crippen LogP contribution is -2.46. The minimum atomic E-state index is -0.318. The summed E-state index contributed by atoms with van der Waals surface area (Å²) < 4.78 is 11.1. The van der Waals surface area contributed by atoms with Crippen molar-refractivity contribution in [2.24, 2.45) is 5.10 Å². The van der Waals surface area contributed by atoms with Gasteiger partial charge in [-0.25, -0.2) is 10.2 Å². The number of anilines is 2. The van der Waals surface area contributed by atoms with E-state index in [0.29, 0.717) is 6.04 Å². The van der Waals surface area contributed by atoms with E-state index in [1.54, 1.807) is 14.2 Å². The topological polar surface area (TPSA) is 81.7 Å². The van der Waals surface area contributed by atoms with Gasteiger partial charge in [0.1, 0.15) is 0 Å². The van der Waals surface area contributed by atoms with E-state index in [4.69, 9.17) is 9.47 Å². The Hall–Kier alpha value is -3.30. The molecule has 2 amide bonds. The van der Waals surface area contributed by atoms with Crippen LogP contribution in [0.15, 0.2) is 47.6 Å². The fraction of sp³-hybridized carbons (Fsp3) is 0.517. The second-order valence-electron chi connectivity index (χ2n) is 10.8. The molecule has 0 unspecified atom stereocenters. The average Bonchev–Trinajstić information content (AvgIpc) is 3.29. The van der Waals surface area contributed by atoms with Crippen LogP contribution in [0.1, 0.15) is 31.2 Å². The number of carbonyl (C=O) groups is 1. The van der Waals surface area contributed by atoms with E-state index in [1.165, 1.54) is 11.3 Å². The van der Waals surface area contributed by atoms with Crippen LogP contribution in [-0.2, 0) is 5.41 Å². The quantitative estimate of drug-likeness (QED) is 0.565. The molecule has 2 aromatic rings. The smallest absolute Gasteiger partial charge is 0.339 e. The lowest BCUT2D eigenvalue weighted by Gasteiger charge is -2.42. The third kappa shape index (κ3) is 5.31. The number of ether oxygens (including phenoxy) is 2. The van der Waals surface area contributed by atoms with Crippen molar-refractivity contribution >= 4 is 23.1 Å². The first-order chi connectivity index (χ1) is 18.4. The van der Waals surface area contributed by atoms with E-state index in [9.17, 15) is 4.79 Å². The number of likely N-dealkylation sites (N-methyl/N-ethyl adjacent to an activating group) is 2. The number of fused-ring (bicyclic) bond motifs is 1. The van der Waals surface area contributed by atoms with Crippen LogP contribution in [0.3, 0.4) is 0 Å². The minimum absolute atomic E-state index is 0.0428. The third-order valence-electron chi connectivity index (χ3n) is 8.64. The Morgan fingerprint density at radius 1 is 0.947 bits per heavy atom. The lowest BCUT2D eigenvalue weighted by molar-refractivity contribution is 0.225. The fourth-order valence-electron chi connectivity index (χ4n) is 6.29. The number of piperazine rings is 1. The molecule has 2 aliphatic heterocycles. The van der Waals surface area contributed by atoms with Crippen molar-refractivity contribution in [1.29, 1.82) is 0 Å². The van der Waals surface area contributed by atoms with Crippen molar-refractivity contribution in [1.82, 2.24) is 15.2 Å². The van der Waals surface area contributed by atoms with Crippen LogP contribution in [0.4, 0.5) is 16.2 Å². The van der Waals surface area contributed by atoms with Gasteiger partial charge in [0.05, 0.1) is 14.2 Å². The highest BCUT2D eigenvalue weighted by Gasteiger charge is 2.50. The maximum absolute atomic E-state index is 12.6. The summed E-state index contributed by atoms with van der Waals surface area (Å²) in [6.45, 7) is 5.20. The van der Waals surface area contributed by atoms with Crippen LogP contribution in [0.5, 0.6) is 11.5 Å². The van der Waals surface area contributed by atoms with Gasteiger partial charge in [-0.2, -0.15) is 5.10 Å². The van der Waals surface area contributed by atoms with Crippen LogP contribution in [-0.4, -0.2) is 88.6 Å². The number of nitrogens with zero attached hydrogens (tertiary/aromatic N) is 4. The standard InChI is InChI=1S/C29H40N6O3/c1-33-15-17-35(18-16-33)24-8-6-22(7-9-24)30-28(36)32-31-23-11-12-29(13-14-34(2)27(29)20-23)21-5-10-25(37-3)26(19-21)38-4/h5-10,19,27H,11-18,20H2,1-4H3,(H2,30,32,36)/t27-,29-/m0/s1. The van der Waals surface area contributed by atoms with Crippen molar-refractivity contribution in [3.63, 3.8) is 0 Å². The Balaban J connectivity index is 1.20. The zero-order valence-electron chi connectivity index (χ0n) is 23.0. The number of hydrogen-bond donors (Lipinski definition) is 2. The molecule has 2 atom stereocenters. The SMILES string of the molecule is COc1ccc([C@@]23CCC(=NNC(=O)Nc4ccc(N5CCN(C)CC5)cc4)C[C@@H]2N(C)CC3)cc1OC. The van der Waals surface area contributed by atoms with Crippen LogP contribution < -0.4 is 25.1 Å². The van der Waals surface area contributed by atoms with E-state index in [-0.39, 0.29) is 11.4 Å². The summed E-state index contributed by atoms with van der Waals surface area (Å²) in [4.78, 5) is 19.7. The van der Waals surface area contributed by atoms with Crippen molar-refractivity contribution in [3.8, 4) is 11.5 Å². The molecule has 2 N–H and O–H groups in total. The van der Waals surface area contributed by atoms with Gasteiger partial charge in [-0.3, -0.25) is 0 Å². The van der Waals surface area contributed by atoms with Crippen LogP contribution >= 0.6 is 0 Å². The predicted octanol–water partition coefficient (Wildman–Crippen LogP) is 3.76. The largest absolute Gasteiger partial charge is 0.493 e. The molecule has 0 radical (unpaired) electrons. The first-order valence-corrected chi connectivity index (χ1v) is 13.5. The Labute approximate surface area is 225 Å². The number of hydrazone groups is 1. The Morgan fingerprint density at radius 3 is 2.39 bits per heavy atom. The molecule has 2 saturated heterocycles. The molecule has 1 aliphatic carbocycles. The highest BCUT2D eigenvalue weighted by Crippen LogP contribution is 2.49. The molecule has 204 valence electrons. The molecular formula is C29H40N6O3. The first-order valence-electron chi connectivity index (χ1n) is 13.5. The van der Waals surface area contributed by atoms with Crippen LogP contribution in [0.25, 0.3) is 0 Å². The summed E-state index contributed by atoms with van der Waals surface area (Å²) in [6.07, 6.45) is 3.74. The normalized spacial score (nSPS) is 25.2. The summed E-state index contributed by atoms with van der Waals surface area (Å²) in [5, 5.41) is 7.44. The van der Waals surface area contributed by atoms with Crippen molar-refractivity contribution in [2.75, 3.05) is 71.3 Å². The van der Waals surface area contributed by atoms with E-state index >= 15 is 0 Å². The third-order valence-corrected chi connectivity index (χ3v) is 8.64. The monoisotopic (exact) mass is 520 g/mol. The van der Waals surface area contributed by atoms with Crippen molar-refractivity contribution in [3.05, 3.63) is 48.0 Å². The number of amides is 2. The van der Waals surface area contributed by atoms with Gasteiger partial charge in [0.25, 0.3) is 0 Å². The molecule has 0 spiro atoms. The van der Waals surface area contributed by atoms with Crippen molar-refractivity contribution < 1.29 is 14.3 Å². The summed E-state index contributed by atoms with van der Waals surface area (Å²) in [5.74, 6) is 1.51. The van der Waals surface area contributed by atoms with Crippen molar-refractivity contribution in [2.45, 2.75) is 37.1 Å². The van der Waals surface area contributed by atoms with Crippen LogP contribution in [0.2, 0.25) is 0 Å². The fourth-order valence-corrected chi connectivity index (χ4v) is 6.29. The molecule has 38 heavy (non-hydrogen) atoms. The van der Waals surface area contributed by atoms with Crippen LogP contribution in [0, 0.1) is 0 Å². The summed E-state index contributed by atoms with van der Waals surface area (Å²) in [7, 11) is 7.68. The molecule has 3 aliphatic rings. The zero-order chi connectivity index (χ0) is 26.7. The van der Waals surface area contributed by atoms with Gasteiger partial charge in [-0.15, -0.1) is 0 Å². The molecule has 1 saturated carbocycles. The average molecular weight is 521 g/mol. The Morgan fingerprint density at radius 2 is 1.68 bits per heavy atom. The Bertz CT molecular complexity index is 1160. The number of methoxy groups -OCH3 is 2. The molecule has 0 aromatic heterocycles. The highest BCUT2D eigenvalue weighted by molar-refractivity contribution is 5.92. The maximum Gasteiger partial charge on any atom is 0.339 e. The number of likely N-dealkylation sites (tertiary alicyclic amines) is 1. The van der Waals surface area contributed by atoms with Gasteiger partial charge in [-0.1, -0.05) is 6.07 Å². The number of carbonyl (C=O) groups excluding carboxylic acids is 1. The zero-order valence-corrected chi connectivity index (χ0v) is 23.0. The van der Waals surface area contributed by atoms with Gasteiger partial charge >= 0.3 is 6.03 Å². The molecular weight excluding hydrogens is 480 g/mol. The first kappa shape index (κ1) is 26.3. The number of rotatable bonds is 6. The number of nitrogens with one attached hydrogen (secondary N) is 2. The number of benzene rings is 2. The van der Waals surface area contributed by atoms with E-state index < -0.39 is 0 Å². The molecule has 2 aromatic carbocycles. The number of urea groups is 1. The highest BCUT2D eigenvalue weighted by atomic mass is 16.5. The maximum atomic E-state index is 12.6. The van der Waals surface area contributed by atoms with E-state index in [2.05, 4.69) is 68.9 Å². The summed E-state index contributed by atoms with van der Waals surface area (Å²) >= 11 is 0. The van der Waals surface area contributed by atoms with Gasteiger partial charge in [0, 0.05) is 61.1 Å².